The first kappa shape index (κ1) is 19.0. The Morgan fingerprint density at radius 2 is 2.12 bits per heavy atom. The van der Waals surface area contributed by atoms with Gasteiger partial charge in [-0.2, -0.15) is 13.2 Å². The van der Waals surface area contributed by atoms with Crippen LogP contribution >= 0.6 is 0 Å². The summed E-state index contributed by atoms with van der Waals surface area (Å²) in [6.07, 6.45) is 1.80. The van der Waals surface area contributed by atoms with Crippen molar-refractivity contribution in [1.29, 1.82) is 0 Å². The van der Waals surface area contributed by atoms with Crippen LogP contribution in [0.25, 0.3) is 11.0 Å². The minimum absolute atomic E-state index is 0.182. The Balaban J connectivity index is 0.00000109. The first-order chi connectivity index (χ1) is 12.0. The third-order valence-corrected chi connectivity index (χ3v) is 4.17. The quantitative estimate of drug-likeness (QED) is 0.447. The number of anilines is 1. The lowest BCUT2D eigenvalue weighted by Gasteiger charge is -2.13. The van der Waals surface area contributed by atoms with E-state index in [1.807, 2.05) is 12.3 Å². The number of aliphatic hydroxyl groups is 1. The molecular formula is C16H20F3N5O. The zero-order valence-corrected chi connectivity index (χ0v) is 13.7. The van der Waals surface area contributed by atoms with Gasteiger partial charge in [0, 0.05) is 31.7 Å². The smallest absolute Gasteiger partial charge is 0.400 e. The maximum absolute atomic E-state index is 12.1. The zero-order chi connectivity index (χ0) is 18.4. The third-order valence-electron chi connectivity index (χ3n) is 4.17. The lowest BCUT2D eigenvalue weighted by Crippen LogP contribution is -2.10. The van der Waals surface area contributed by atoms with Crippen molar-refractivity contribution in [1.82, 2.24) is 14.5 Å². The van der Waals surface area contributed by atoms with Gasteiger partial charge in [0.05, 0.1) is 5.39 Å². The highest BCUT2D eigenvalue weighted by molar-refractivity contribution is 5.87. The number of alkyl halides is 3. The van der Waals surface area contributed by atoms with Crippen molar-refractivity contribution in [2.24, 2.45) is 11.8 Å². The van der Waals surface area contributed by atoms with Crippen molar-refractivity contribution in [2.75, 3.05) is 12.5 Å². The van der Waals surface area contributed by atoms with E-state index >= 15 is 0 Å². The van der Waals surface area contributed by atoms with Crippen LogP contribution in [0, 0.1) is 17.8 Å². The Hall–Kier alpha value is -2.31. The summed E-state index contributed by atoms with van der Waals surface area (Å²) in [5, 5.41) is 7.83. The molecule has 4 N–H and O–H groups in total. The number of aliphatic hydroxyl groups excluding tert-OH is 1. The molecule has 0 radical (unpaired) electrons. The Morgan fingerprint density at radius 1 is 1.36 bits per heavy atom. The van der Waals surface area contributed by atoms with Crippen molar-refractivity contribution in [2.45, 2.75) is 37.9 Å². The third kappa shape index (κ3) is 4.61. The van der Waals surface area contributed by atoms with Gasteiger partial charge in [0.1, 0.15) is 12.0 Å². The van der Waals surface area contributed by atoms with E-state index in [9.17, 15) is 13.2 Å². The molecule has 2 aromatic heterocycles. The Morgan fingerprint density at radius 3 is 2.80 bits per heavy atom. The van der Waals surface area contributed by atoms with Gasteiger partial charge in [-0.3, -0.25) is 0 Å². The normalized spacial score (nSPS) is 19.8. The first-order valence-electron chi connectivity index (χ1n) is 7.77. The second-order valence-electron chi connectivity index (χ2n) is 5.66. The van der Waals surface area contributed by atoms with Crippen LogP contribution in [0.4, 0.5) is 19.0 Å². The number of rotatable bonds is 3. The maximum atomic E-state index is 12.1. The van der Waals surface area contributed by atoms with Crippen LogP contribution in [-0.4, -0.2) is 32.9 Å². The molecule has 6 nitrogen and oxygen atoms in total. The average molecular weight is 355 g/mol. The number of fused-ring (bicyclic) bond motifs is 1. The van der Waals surface area contributed by atoms with Gasteiger partial charge in [0.25, 0.3) is 0 Å². The SMILES string of the molecule is CO.NNc1ncnc2c1ccn2C1CCC(CC#CC(F)(F)F)C1. The van der Waals surface area contributed by atoms with Crippen LogP contribution in [0.15, 0.2) is 18.6 Å². The van der Waals surface area contributed by atoms with Crippen molar-refractivity contribution >= 4 is 16.9 Å². The molecule has 2 atom stereocenters. The topological polar surface area (TPSA) is 89.0 Å². The van der Waals surface area contributed by atoms with Crippen molar-refractivity contribution in [3.8, 4) is 11.8 Å². The van der Waals surface area contributed by atoms with E-state index in [4.69, 9.17) is 10.9 Å². The lowest BCUT2D eigenvalue weighted by molar-refractivity contribution is -0.0697. The number of nitrogens with two attached hydrogens (primary N) is 1. The molecule has 2 unspecified atom stereocenters. The van der Waals surface area contributed by atoms with Gasteiger partial charge in [-0.05, 0) is 31.2 Å². The molecule has 0 spiro atoms. The van der Waals surface area contributed by atoms with Gasteiger partial charge < -0.3 is 15.1 Å². The number of hydrazine groups is 1. The molecule has 9 heteroatoms. The van der Waals surface area contributed by atoms with Crippen LogP contribution in [-0.2, 0) is 0 Å². The molecule has 1 fully saturated rings. The monoisotopic (exact) mass is 355 g/mol. The fourth-order valence-corrected chi connectivity index (χ4v) is 3.16. The maximum Gasteiger partial charge on any atom is 0.457 e. The summed E-state index contributed by atoms with van der Waals surface area (Å²) in [4.78, 5) is 8.35. The molecule has 25 heavy (non-hydrogen) atoms. The molecule has 2 aromatic rings. The fourth-order valence-electron chi connectivity index (χ4n) is 3.16. The molecular weight excluding hydrogens is 335 g/mol. The van der Waals surface area contributed by atoms with Gasteiger partial charge in [-0.1, -0.05) is 5.92 Å². The van der Waals surface area contributed by atoms with Crippen molar-refractivity contribution in [3.63, 3.8) is 0 Å². The number of nitrogens with one attached hydrogen (secondary N) is 1. The largest absolute Gasteiger partial charge is 0.457 e. The second kappa shape index (κ2) is 8.18. The molecule has 136 valence electrons. The molecule has 0 aliphatic heterocycles. The van der Waals surface area contributed by atoms with Gasteiger partial charge in [0.2, 0.25) is 0 Å². The zero-order valence-electron chi connectivity index (χ0n) is 13.7. The van der Waals surface area contributed by atoms with E-state index in [0.717, 1.165) is 37.4 Å². The van der Waals surface area contributed by atoms with Crippen LogP contribution in [0.3, 0.4) is 0 Å². The van der Waals surface area contributed by atoms with Gasteiger partial charge in [-0.15, -0.1) is 0 Å². The van der Waals surface area contributed by atoms with Crippen molar-refractivity contribution < 1.29 is 18.3 Å². The Bertz CT molecular complexity index is 762. The number of hydrogen-bond acceptors (Lipinski definition) is 5. The van der Waals surface area contributed by atoms with Crippen LogP contribution < -0.4 is 11.3 Å². The number of hydrogen-bond donors (Lipinski definition) is 3. The summed E-state index contributed by atoms with van der Waals surface area (Å²) in [5.41, 5.74) is 3.31. The lowest BCUT2D eigenvalue weighted by atomic mass is 10.0. The molecule has 0 amide bonds. The van der Waals surface area contributed by atoms with Crippen LogP contribution in [0.5, 0.6) is 0 Å². The molecule has 1 aliphatic carbocycles. The van der Waals surface area contributed by atoms with Gasteiger partial charge >= 0.3 is 6.18 Å². The van der Waals surface area contributed by atoms with E-state index < -0.39 is 6.18 Å². The van der Waals surface area contributed by atoms with Gasteiger partial charge in [-0.25, -0.2) is 15.8 Å². The standard InChI is InChI=1S/C15H16F3N5.CH4O/c16-15(17,18)6-1-2-10-3-4-11(8-10)23-7-5-12-13(22-19)20-9-21-14(12)23;1-2/h5,7,9-11H,2-4,8,19H2,(H,20,21,22);2H,1H3. The average Bonchev–Trinajstić information content (AvgIpc) is 3.21. The fraction of sp³-hybridized carbons (Fsp3) is 0.500. The molecule has 0 bridgehead atoms. The highest BCUT2D eigenvalue weighted by Gasteiger charge is 2.27. The molecule has 0 saturated heterocycles. The summed E-state index contributed by atoms with van der Waals surface area (Å²) in [6, 6.07) is 2.10. The van der Waals surface area contributed by atoms with E-state index in [1.54, 1.807) is 0 Å². The molecule has 3 rings (SSSR count). The van der Waals surface area contributed by atoms with E-state index in [2.05, 4.69) is 25.9 Å². The summed E-state index contributed by atoms with van der Waals surface area (Å²) in [5.74, 6) is 9.77. The summed E-state index contributed by atoms with van der Waals surface area (Å²) in [7, 11) is 1.00. The predicted octanol–water partition coefficient (Wildman–Crippen LogP) is 2.62. The van der Waals surface area contributed by atoms with E-state index in [1.165, 1.54) is 12.2 Å². The summed E-state index contributed by atoms with van der Waals surface area (Å²) >= 11 is 0. The molecule has 2 heterocycles. The van der Waals surface area contributed by atoms with E-state index in [-0.39, 0.29) is 18.4 Å². The van der Waals surface area contributed by atoms with Crippen molar-refractivity contribution in [3.05, 3.63) is 18.6 Å². The number of nitrogens with zero attached hydrogens (tertiary/aromatic N) is 3. The van der Waals surface area contributed by atoms with E-state index in [0.29, 0.717) is 5.82 Å². The highest BCUT2D eigenvalue weighted by Crippen LogP contribution is 2.38. The molecule has 1 saturated carbocycles. The predicted molar refractivity (Wildman–Crippen MR) is 88.3 cm³/mol. The number of aromatic nitrogens is 3. The Labute approximate surface area is 143 Å². The minimum Gasteiger partial charge on any atom is -0.400 e. The minimum atomic E-state index is -4.41. The molecule has 1 aliphatic rings. The summed E-state index contributed by atoms with van der Waals surface area (Å²) in [6.45, 7) is 0. The second-order valence-corrected chi connectivity index (χ2v) is 5.66. The number of nitrogen functional groups attached to an aromatic ring is 1. The Kier molecular flexibility index (Phi) is 6.22. The number of halogens is 3. The van der Waals surface area contributed by atoms with Crippen LogP contribution in [0.1, 0.15) is 31.7 Å². The van der Waals surface area contributed by atoms with Crippen LogP contribution in [0.2, 0.25) is 0 Å². The summed E-state index contributed by atoms with van der Waals surface area (Å²) < 4.78 is 38.3. The highest BCUT2D eigenvalue weighted by atomic mass is 19.4. The van der Waals surface area contributed by atoms with Gasteiger partial charge in [0.15, 0.2) is 5.82 Å². The first-order valence-corrected chi connectivity index (χ1v) is 7.77. The molecule has 0 aromatic carbocycles.